The third kappa shape index (κ3) is 5.08. The molecule has 0 radical (unpaired) electrons. The number of hydrogen-bond donors (Lipinski definition) is 3. The molecule has 2 atom stereocenters. The number of anilines is 2. The number of aliphatic hydroxyl groups excluding tert-OH is 1. The summed E-state index contributed by atoms with van der Waals surface area (Å²) in [6.45, 7) is 0.646. The van der Waals surface area contributed by atoms with Crippen LogP contribution in [0.25, 0.3) is 10.9 Å². The predicted octanol–water partition coefficient (Wildman–Crippen LogP) is 3.29. The molecular formula is C25H25FN4O5S. The van der Waals surface area contributed by atoms with E-state index in [4.69, 9.17) is 9.47 Å². The molecule has 2 aliphatic heterocycles. The number of amides is 2. The number of benzene rings is 2. The van der Waals surface area contributed by atoms with E-state index in [1.165, 1.54) is 22.9 Å². The van der Waals surface area contributed by atoms with E-state index in [0.717, 1.165) is 4.90 Å². The van der Waals surface area contributed by atoms with Crippen molar-refractivity contribution in [2.24, 2.45) is 0 Å². The van der Waals surface area contributed by atoms with Crippen LogP contribution < -0.4 is 20.3 Å². The predicted molar refractivity (Wildman–Crippen MR) is 134 cm³/mol. The molecule has 1 fully saturated rings. The molecule has 0 bridgehead atoms. The second kappa shape index (κ2) is 10.3. The second-order valence-corrected chi connectivity index (χ2v) is 9.64. The number of nitrogens with one attached hydrogen (secondary N) is 2. The van der Waals surface area contributed by atoms with Crippen LogP contribution in [0.3, 0.4) is 0 Å². The van der Waals surface area contributed by atoms with E-state index in [1.807, 2.05) is 12.1 Å². The van der Waals surface area contributed by atoms with Gasteiger partial charge in [0.25, 0.3) is 0 Å². The molecule has 2 unspecified atom stereocenters. The fourth-order valence-electron chi connectivity index (χ4n) is 4.35. The molecule has 2 aliphatic rings. The Morgan fingerprint density at radius 3 is 3.03 bits per heavy atom. The normalized spacial score (nSPS) is 18.1. The van der Waals surface area contributed by atoms with Crippen LogP contribution in [0.1, 0.15) is 12.0 Å². The van der Waals surface area contributed by atoms with Gasteiger partial charge in [0.15, 0.2) is 0 Å². The molecule has 0 aliphatic carbocycles. The van der Waals surface area contributed by atoms with Crippen molar-refractivity contribution < 1.29 is 28.6 Å². The van der Waals surface area contributed by atoms with E-state index < -0.39 is 24.1 Å². The van der Waals surface area contributed by atoms with Gasteiger partial charge in [-0.3, -0.25) is 14.7 Å². The fraction of sp³-hybridized carbons (Fsp3) is 0.320. The smallest absolute Gasteiger partial charge is 0.414 e. The molecule has 3 N–H and O–H groups in total. The van der Waals surface area contributed by atoms with E-state index in [1.54, 1.807) is 31.4 Å². The highest BCUT2D eigenvalue weighted by Crippen LogP contribution is 2.35. The Balaban J connectivity index is 1.17. The number of carbonyl (C=O) groups is 2. The van der Waals surface area contributed by atoms with E-state index in [9.17, 15) is 19.1 Å². The van der Waals surface area contributed by atoms with E-state index in [2.05, 4.69) is 15.6 Å². The number of aliphatic hydroxyl groups is 1. The molecule has 36 heavy (non-hydrogen) atoms. The molecular weight excluding hydrogens is 487 g/mol. The molecule has 3 heterocycles. The van der Waals surface area contributed by atoms with Gasteiger partial charge in [-0.2, -0.15) is 0 Å². The summed E-state index contributed by atoms with van der Waals surface area (Å²) >= 11 is 1.45. The zero-order valence-corrected chi connectivity index (χ0v) is 20.3. The highest BCUT2D eigenvalue weighted by Gasteiger charge is 2.34. The first kappa shape index (κ1) is 24.3. The number of nitrogens with zero attached hydrogens (tertiary/aromatic N) is 2. The molecule has 0 saturated carbocycles. The summed E-state index contributed by atoms with van der Waals surface area (Å²) in [5.74, 6) is 0.437. The average molecular weight is 513 g/mol. The maximum absolute atomic E-state index is 14.5. The van der Waals surface area contributed by atoms with Gasteiger partial charge in [-0.05, 0) is 36.4 Å². The Kier molecular flexibility index (Phi) is 6.95. The van der Waals surface area contributed by atoms with Crippen molar-refractivity contribution in [3.05, 3.63) is 54.0 Å². The lowest BCUT2D eigenvalue weighted by molar-refractivity contribution is -0.113. The molecule has 188 valence electrons. The van der Waals surface area contributed by atoms with Crippen LogP contribution in [0.5, 0.6) is 5.75 Å². The number of fused-ring (bicyclic) bond motifs is 2. The van der Waals surface area contributed by atoms with Gasteiger partial charge < -0.3 is 25.2 Å². The minimum atomic E-state index is -0.812. The number of halogens is 1. The number of pyridine rings is 1. The molecule has 9 nitrogen and oxygen atoms in total. The highest BCUT2D eigenvalue weighted by atomic mass is 32.2. The van der Waals surface area contributed by atoms with Gasteiger partial charge in [-0.1, -0.05) is 0 Å². The first-order valence-corrected chi connectivity index (χ1v) is 12.4. The van der Waals surface area contributed by atoms with Crippen molar-refractivity contribution in [3.8, 4) is 5.75 Å². The molecule has 0 spiro atoms. The third-order valence-electron chi connectivity index (χ3n) is 6.13. The van der Waals surface area contributed by atoms with Gasteiger partial charge in [0.2, 0.25) is 5.91 Å². The maximum Gasteiger partial charge on any atom is 0.414 e. The number of rotatable bonds is 8. The summed E-state index contributed by atoms with van der Waals surface area (Å²) in [5, 5.41) is 17.1. The Labute approximate surface area is 211 Å². The van der Waals surface area contributed by atoms with Crippen molar-refractivity contribution in [1.82, 2.24) is 10.3 Å². The number of aromatic nitrogens is 1. The van der Waals surface area contributed by atoms with Crippen molar-refractivity contribution in [2.45, 2.75) is 30.1 Å². The number of cyclic esters (lactones) is 1. The molecule has 1 aromatic heterocycles. The monoisotopic (exact) mass is 512 g/mol. The lowest BCUT2D eigenvalue weighted by Gasteiger charge is -2.20. The number of hydrogen-bond acceptors (Lipinski definition) is 8. The quantitative estimate of drug-likeness (QED) is 0.422. The van der Waals surface area contributed by atoms with Crippen molar-refractivity contribution in [2.75, 3.05) is 36.2 Å². The van der Waals surface area contributed by atoms with Crippen molar-refractivity contribution in [1.29, 1.82) is 0 Å². The molecule has 3 aromatic rings. The van der Waals surface area contributed by atoms with Crippen LogP contribution >= 0.6 is 11.8 Å². The minimum absolute atomic E-state index is 0.0825. The lowest BCUT2D eigenvalue weighted by Crippen LogP contribution is -2.31. The number of ether oxygens (including phenoxy) is 2. The summed E-state index contributed by atoms with van der Waals surface area (Å²) in [4.78, 5) is 30.7. The number of thioether (sulfide) groups is 1. The zero-order valence-electron chi connectivity index (χ0n) is 19.5. The Bertz CT molecular complexity index is 1320. The van der Waals surface area contributed by atoms with Gasteiger partial charge in [-0.25, -0.2) is 9.18 Å². The summed E-state index contributed by atoms with van der Waals surface area (Å²) in [7, 11) is 1.54. The van der Waals surface area contributed by atoms with Gasteiger partial charge in [0.1, 0.15) is 17.7 Å². The number of carbonyl (C=O) groups excluding carboxylic acids is 2. The van der Waals surface area contributed by atoms with E-state index in [0.29, 0.717) is 39.3 Å². The summed E-state index contributed by atoms with van der Waals surface area (Å²) in [5.41, 5.74) is 2.37. The zero-order chi connectivity index (χ0) is 25.2. The van der Waals surface area contributed by atoms with E-state index >= 15 is 0 Å². The third-order valence-corrected chi connectivity index (χ3v) is 7.21. The average Bonchev–Trinajstić information content (AvgIpc) is 3.24. The maximum atomic E-state index is 14.5. The van der Waals surface area contributed by atoms with Crippen LogP contribution in [0.2, 0.25) is 0 Å². The summed E-state index contributed by atoms with van der Waals surface area (Å²) < 4.78 is 25.2. The largest absolute Gasteiger partial charge is 0.497 e. The van der Waals surface area contributed by atoms with Gasteiger partial charge in [0, 0.05) is 41.0 Å². The Hall–Kier alpha value is -3.41. The lowest BCUT2D eigenvalue weighted by atomic mass is 10.1. The minimum Gasteiger partial charge on any atom is -0.497 e. The molecule has 2 amide bonds. The summed E-state index contributed by atoms with van der Waals surface area (Å²) in [6.07, 6.45) is -0.418. The van der Waals surface area contributed by atoms with Crippen LogP contribution in [0, 0.1) is 5.82 Å². The molecule has 5 rings (SSSR count). The molecule has 11 heteroatoms. The highest BCUT2D eigenvalue weighted by molar-refractivity contribution is 8.00. The number of methoxy groups -OCH3 is 1. The first-order valence-electron chi connectivity index (χ1n) is 11.5. The molecule has 1 saturated heterocycles. The SMILES string of the molecule is COc1ccc2ncc(F)c(CNCC(O)CC3CN(c4ccc5c(c4)NC(=O)CS5)C(=O)O3)c2c1. The Morgan fingerprint density at radius 2 is 2.19 bits per heavy atom. The Morgan fingerprint density at radius 1 is 1.33 bits per heavy atom. The van der Waals surface area contributed by atoms with Crippen LogP contribution in [0.4, 0.5) is 20.6 Å². The van der Waals surface area contributed by atoms with Crippen LogP contribution in [-0.2, 0) is 16.1 Å². The van der Waals surface area contributed by atoms with Gasteiger partial charge in [0.05, 0.1) is 42.9 Å². The standard InChI is InChI=1S/C25H25FN4O5S/c1-34-16-3-4-21-18(8-16)19(20(26)11-28-21)10-27-9-15(31)7-17-12-30(25(33)35-17)14-2-5-23-22(6-14)29-24(32)13-36-23/h2-6,8,11,15,17,27,31H,7,9-10,12-13H2,1H3,(H,29,32). The van der Waals surface area contributed by atoms with Crippen LogP contribution in [-0.4, -0.2) is 60.3 Å². The van der Waals surface area contributed by atoms with Gasteiger partial charge in [-0.15, -0.1) is 11.8 Å². The topological polar surface area (TPSA) is 113 Å². The molecule has 2 aromatic carbocycles. The van der Waals surface area contributed by atoms with Gasteiger partial charge >= 0.3 is 6.09 Å². The van der Waals surface area contributed by atoms with Crippen LogP contribution in [0.15, 0.2) is 47.5 Å². The second-order valence-electron chi connectivity index (χ2n) is 8.62. The van der Waals surface area contributed by atoms with Crippen molar-refractivity contribution in [3.63, 3.8) is 0 Å². The van der Waals surface area contributed by atoms with Crippen molar-refractivity contribution >= 4 is 46.0 Å². The fourth-order valence-corrected chi connectivity index (χ4v) is 5.14. The first-order chi connectivity index (χ1) is 17.4. The summed E-state index contributed by atoms with van der Waals surface area (Å²) in [6, 6.07) is 10.7. The van der Waals surface area contributed by atoms with E-state index in [-0.39, 0.29) is 32.0 Å².